The lowest BCUT2D eigenvalue weighted by molar-refractivity contribution is 0.0581. The maximum Gasteiger partial charge on any atom is 0.192 e. The van der Waals surface area contributed by atoms with Gasteiger partial charge < -0.3 is 14.8 Å². The van der Waals surface area contributed by atoms with E-state index in [0.29, 0.717) is 17.9 Å². The molecule has 92 valence electrons. The van der Waals surface area contributed by atoms with Gasteiger partial charge in [-0.05, 0) is 26.0 Å². The Morgan fingerprint density at radius 3 is 3.12 bits per heavy atom. The van der Waals surface area contributed by atoms with Crippen LogP contribution in [-0.4, -0.2) is 31.6 Å². The summed E-state index contributed by atoms with van der Waals surface area (Å²) >= 11 is 0. The van der Waals surface area contributed by atoms with Crippen LogP contribution in [0.3, 0.4) is 0 Å². The van der Waals surface area contributed by atoms with E-state index in [1.54, 1.807) is 6.07 Å². The molecule has 0 fully saturated rings. The van der Waals surface area contributed by atoms with Crippen LogP contribution < -0.4 is 10.1 Å². The highest BCUT2D eigenvalue weighted by Gasteiger charge is 2.19. The number of hydrogen-bond donors (Lipinski definition) is 1. The minimum atomic E-state index is -0.0424. The van der Waals surface area contributed by atoms with Crippen LogP contribution in [0.25, 0.3) is 0 Å². The second-order valence-electron chi connectivity index (χ2n) is 4.24. The number of carbonyl (C=O) groups is 1. The summed E-state index contributed by atoms with van der Waals surface area (Å²) in [6.07, 6.45) is 0.0533. The Hall–Kier alpha value is -1.55. The highest BCUT2D eigenvalue weighted by atomic mass is 16.5. The third-order valence-electron chi connectivity index (χ3n) is 2.53. The fourth-order valence-electron chi connectivity index (χ4n) is 1.71. The van der Waals surface area contributed by atoms with Gasteiger partial charge in [0.15, 0.2) is 11.5 Å². The molecule has 1 N–H and O–H groups in total. The first-order valence-electron chi connectivity index (χ1n) is 5.83. The molecule has 0 saturated heterocycles. The van der Waals surface area contributed by atoms with E-state index in [9.17, 15) is 4.79 Å². The lowest BCUT2D eigenvalue weighted by atomic mass is 10.1. The summed E-state index contributed by atoms with van der Waals surface area (Å²) < 4.78 is 10.9. The molecule has 0 unspecified atom stereocenters. The van der Waals surface area contributed by atoms with Crippen LogP contribution in [0.15, 0.2) is 18.2 Å². The maximum atomic E-state index is 12.0. The van der Waals surface area contributed by atoms with Crippen LogP contribution in [0.5, 0.6) is 5.75 Å². The van der Waals surface area contributed by atoms with Crippen molar-refractivity contribution in [2.24, 2.45) is 0 Å². The van der Waals surface area contributed by atoms with Crippen LogP contribution >= 0.6 is 0 Å². The molecule has 4 heteroatoms. The van der Waals surface area contributed by atoms with Crippen LogP contribution in [0.4, 0.5) is 5.69 Å². The van der Waals surface area contributed by atoms with Gasteiger partial charge in [-0.2, -0.15) is 0 Å². The molecular weight excluding hydrogens is 218 g/mol. The van der Waals surface area contributed by atoms with Crippen molar-refractivity contribution >= 4 is 11.5 Å². The van der Waals surface area contributed by atoms with E-state index in [2.05, 4.69) is 5.32 Å². The third-order valence-corrected chi connectivity index (χ3v) is 2.53. The lowest BCUT2D eigenvalue weighted by Gasteiger charge is -2.21. The number of para-hydroxylation sites is 1. The average Bonchev–Trinajstić information content (AvgIpc) is 2.35. The smallest absolute Gasteiger partial charge is 0.192 e. The van der Waals surface area contributed by atoms with Gasteiger partial charge in [0.2, 0.25) is 0 Å². The standard InChI is InChI=1S/C13H17NO3/c1-9(2)17-8-12(15)10-4-3-5-11-13(10)16-7-6-14-11/h3-5,9,14H,6-8H2,1-2H3. The molecule has 1 aliphatic rings. The molecular formula is C13H17NO3. The van der Waals surface area contributed by atoms with Crippen LogP contribution in [0.1, 0.15) is 24.2 Å². The molecule has 0 spiro atoms. The van der Waals surface area contributed by atoms with Crippen molar-refractivity contribution in [1.29, 1.82) is 0 Å². The number of nitrogens with one attached hydrogen (secondary N) is 1. The summed E-state index contributed by atoms with van der Waals surface area (Å²) in [5, 5.41) is 3.20. The number of carbonyl (C=O) groups excluding carboxylic acids is 1. The summed E-state index contributed by atoms with van der Waals surface area (Å²) in [6.45, 7) is 5.27. The topological polar surface area (TPSA) is 47.6 Å². The zero-order chi connectivity index (χ0) is 12.3. The molecule has 1 aromatic carbocycles. The summed E-state index contributed by atoms with van der Waals surface area (Å²) in [7, 11) is 0. The van der Waals surface area contributed by atoms with Crippen molar-refractivity contribution < 1.29 is 14.3 Å². The van der Waals surface area contributed by atoms with E-state index in [4.69, 9.17) is 9.47 Å². The Labute approximate surface area is 101 Å². The number of ketones is 1. The van der Waals surface area contributed by atoms with Gasteiger partial charge in [-0.3, -0.25) is 4.79 Å². The van der Waals surface area contributed by atoms with Crippen molar-refractivity contribution in [2.45, 2.75) is 20.0 Å². The lowest BCUT2D eigenvalue weighted by Crippen LogP contribution is -2.21. The van der Waals surface area contributed by atoms with E-state index in [0.717, 1.165) is 12.2 Å². The molecule has 1 aliphatic heterocycles. The van der Waals surface area contributed by atoms with E-state index in [-0.39, 0.29) is 18.5 Å². The van der Waals surface area contributed by atoms with Gasteiger partial charge in [0.1, 0.15) is 13.2 Å². The van der Waals surface area contributed by atoms with Gasteiger partial charge in [0.25, 0.3) is 0 Å². The minimum Gasteiger partial charge on any atom is -0.489 e. The van der Waals surface area contributed by atoms with Crippen molar-refractivity contribution in [2.75, 3.05) is 25.1 Å². The first-order valence-corrected chi connectivity index (χ1v) is 5.83. The maximum absolute atomic E-state index is 12.0. The number of hydrogen-bond acceptors (Lipinski definition) is 4. The van der Waals surface area contributed by atoms with Crippen LogP contribution in [-0.2, 0) is 4.74 Å². The van der Waals surface area contributed by atoms with Crippen molar-refractivity contribution in [3.05, 3.63) is 23.8 Å². The van der Waals surface area contributed by atoms with Crippen molar-refractivity contribution in [3.63, 3.8) is 0 Å². The van der Waals surface area contributed by atoms with Gasteiger partial charge in [-0.1, -0.05) is 6.07 Å². The first-order chi connectivity index (χ1) is 8.18. The SMILES string of the molecule is CC(C)OCC(=O)c1cccc2c1OCCN2. The van der Waals surface area contributed by atoms with Crippen LogP contribution in [0, 0.1) is 0 Å². The molecule has 17 heavy (non-hydrogen) atoms. The number of Topliss-reactive ketones (excluding diaryl/α,β-unsaturated/α-hetero) is 1. The van der Waals surface area contributed by atoms with Gasteiger partial charge in [0, 0.05) is 6.54 Å². The quantitative estimate of drug-likeness (QED) is 0.812. The van der Waals surface area contributed by atoms with Gasteiger partial charge >= 0.3 is 0 Å². The minimum absolute atomic E-state index is 0.0424. The number of fused-ring (bicyclic) bond motifs is 1. The summed E-state index contributed by atoms with van der Waals surface area (Å²) in [5.41, 5.74) is 1.47. The van der Waals surface area contributed by atoms with Crippen molar-refractivity contribution in [1.82, 2.24) is 0 Å². The first kappa shape index (κ1) is 11.9. The highest BCUT2D eigenvalue weighted by molar-refractivity contribution is 6.01. The Kier molecular flexibility index (Phi) is 3.64. The normalized spacial score (nSPS) is 13.8. The zero-order valence-electron chi connectivity index (χ0n) is 10.2. The summed E-state index contributed by atoms with van der Waals surface area (Å²) in [5.74, 6) is 0.607. The van der Waals surface area contributed by atoms with E-state index in [1.807, 2.05) is 26.0 Å². The molecule has 0 aromatic heterocycles. The number of ether oxygens (including phenoxy) is 2. The summed E-state index contributed by atoms with van der Waals surface area (Å²) in [6, 6.07) is 5.54. The molecule has 2 rings (SSSR count). The van der Waals surface area contributed by atoms with Crippen LogP contribution in [0.2, 0.25) is 0 Å². The molecule has 0 aliphatic carbocycles. The molecule has 0 saturated carbocycles. The Morgan fingerprint density at radius 1 is 1.53 bits per heavy atom. The molecule has 0 amide bonds. The third kappa shape index (κ3) is 2.77. The number of benzene rings is 1. The Balaban J connectivity index is 2.17. The Bertz CT molecular complexity index is 415. The van der Waals surface area contributed by atoms with Gasteiger partial charge in [-0.15, -0.1) is 0 Å². The molecule has 0 atom stereocenters. The largest absolute Gasteiger partial charge is 0.489 e. The summed E-state index contributed by atoms with van der Waals surface area (Å²) in [4.78, 5) is 12.0. The van der Waals surface area contributed by atoms with E-state index in [1.165, 1.54) is 0 Å². The van der Waals surface area contributed by atoms with E-state index >= 15 is 0 Å². The molecule has 0 radical (unpaired) electrons. The predicted octanol–water partition coefficient (Wildman–Crippen LogP) is 2.10. The molecule has 1 aromatic rings. The van der Waals surface area contributed by atoms with Gasteiger partial charge in [0.05, 0.1) is 17.4 Å². The van der Waals surface area contributed by atoms with E-state index < -0.39 is 0 Å². The van der Waals surface area contributed by atoms with Gasteiger partial charge in [-0.25, -0.2) is 0 Å². The fourth-order valence-corrected chi connectivity index (χ4v) is 1.71. The number of anilines is 1. The monoisotopic (exact) mass is 235 g/mol. The molecule has 4 nitrogen and oxygen atoms in total. The fraction of sp³-hybridized carbons (Fsp3) is 0.462. The number of rotatable bonds is 4. The Morgan fingerprint density at radius 2 is 2.35 bits per heavy atom. The average molecular weight is 235 g/mol. The van der Waals surface area contributed by atoms with Crippen molar-refractivity contribution in [3.8, 4) is 5.75 Å². The highest BCUT2D eigenvalue weighted by Crippen LogP contribution is 2.31. The molecule has 1 heterocycles. The zero-order valence-corrected chi connectivity index (χ0v) is 10.2. The second-order valence-corrected chi connectivity index (χ2v) is 4.24. The predicted molar refractivity (Wildman–Crippen MR) is 65.8 cm³/mol. The molecule has 0 bridgehead atoms. The second kappa shape index (κ2) is 5.19.